The second-order valence-electron chi connectivity index (χ2n) is 10.4. The van der Waals surface area contributed by atoms with Gasteiger partial charge in [-0.15, -0.1) is 6.42 Å². The SMILES string of the molecule is C#CC(O)[C@@H]1CCCCOc2ccc(cc2)C[C@H](NC(=O)OCc2ccccc2)C(=O)N[C@@H](CC(C)C)C(=O)N1. The lowest BCUT2D eigenvalue weighted by molar-refractivity contribution is -0.131. The van der Waals surface area contributed by atoms with Crippen molar-refractivity contribution >= 4 is 17.9 Å². The van der Waals surface area contributed by atoms with Crippen molar-refractivity contribution in [1.29, 1.82) is 0 Å². The molecule has 2 aliphatic rings. The number of hydrogen-bond acceptors (Lipinski definition) is 6. The summed E-state index contributed by atoms with van der Waals surface area (Å²) in [5.74, 6) is 2.06. The number of alkyl carbamates (subject to hydrolysis) is 1. The highest BCUT2D eigenvalue weighted by molar-refractivity contribution is 5.91. The van der Waals surface area contributed by atoms with Crippen LogP contribution in [0.25, 0.3) is 0 Å². The van der Waals surface area contributed by atoms with Crippen LogP contribution in [0.2, 0.25) is 0 Å². The number of hydrogen-bond donors (Lipinski definition) is 4. The number of benzene rings is 2. The number of rotatable bonds is 6. The molecule has 0 aromatic heterocycles. The van der Waals surface area contributed by atoms with E-state index in [9.17, 15) is 19.5 Å². The molecule has 0 aliphatic carbocycles. The van der Waals surface area contributed by atoms with Gasteiger partial charge in [-0.1, -0.05) is 62.2 Å². The smallest absolute Gasteiger partial charge is 0.408 e. The molecule has 2 heterocycles. The van der Waals surface area contributed by atoms with Crippen molar-refractivity contribution in [3.05, 3.63) is 65.7 Å². The van der Waals surface area contributed by atoms with Crippen molar-refractivity contribution in [3.8, 4) is 18.1 Å². The van der Waals surface area contributed by atoms with Crippen molar-refractivity contribution in [2.24, 2.45) is 5.92 Å². The van der Waals surface area contributed by atoms with Gasteiger partial charge in [-0.2, -0.15) is 0 Å². The molecule has 2 aromatic carbocycles. The molecule has 4 rings (SSSR count). The zero-order chi connectivity index (χ0) is 28.9. The van der Waals surface area contributed by atoms with E-state index < -0.39 is 42.1 Å². The number of nitrogens with one attached hydrogen (secondary N) is 3. The van der Waals surface area contributed by atoms with Gasteiger partial charge in [0.2, 0.25) is 11.8 Å². The number of aliphatic hydroxyl groups excluding tert-OH is 1. The van der Waals surface area contributed by atoms with Gasteiger partial charge in [-0.3, -0.25) is 9.59 Å². The van der Waals surface area contributed by atoms with E-state index in [4.69, 9.17) is 15.9 Å². The monoisotopic (exact) mass is 549 g/mol. The third-order valence-corrected chi connectivity index (χ3v) is 6.58. The maximum absolute atomic E-state index is 13.5. The van der Waals surface area contributed by atoms with Crippen molar-refractivity contribution in [2.45, 2.75) is 76.8 Å². The van der Waals surface area contributed by atoms with Crippen LogP contribution in [0, 0.1) is 18.3 Å². The van der Waals surface area contributed by atoms with E-state index in [0.29, 0.717) is 38.0 Å². The molecule has 0 saturated carbocycles. The van der Waals surface area contributed by atoms with Crippen LogP contribution in [0.5, 0.6) is 5.75 Å². The van der Waals surface area contributed by atoms with E-state index >= 15 is 0 Å². The molecule has 3 amide bonds. The predicted molar refractivity (Wildman–Crippen MR) is 151 cm³/mol. The number of amides is 3. The third kappa shape index (κ3) is 9.93. The molecule has 0 spiro atoms. The Balaban J connectivity index is 1.83. The van der Waals surface area contributed by atoms with Gasteiger partial charge in [0.15, 0.2) is 0 Å². The molecule has 0 fully saturated rings. The Morgan fingerprint density at radius 3 is 2.50 bits per heavy atom. The van der Waals surface area contributed by atoms with Crippen LogP contribution >= 0.6 is 0 Å². The van der Waals surface area contributed by atoms with Gasteiger partial charge in [0.05, 0.1) is 12.6 Å². The summed E-state index contributed by atoms with van der Waals surface area (Å²) in [5, 5.41) is 18.6. The number of fused-ring (bicyclic) bond motifs is 14. The fourth-order valence-corrected chi connectivity index (χ4v) is 4.41. The highest BCUT2D eigenvalue weighted by atomic mass is 16.5. The number of terminal acetylenes is 1. The first-order valence-electron chi connectivity index (χ1n) is 13.7. The predicted octanol–water partition coefficient (Wildman–Crippen LogP) is 3.10. The van der Waals surface area contributed by atoms with Crippen molar-refractivity contribution < 1.29 is 29.0 Å². The summed E-state index contributed by atoms with van der Waals surface area (Å²) in [7, 11) is 0. The molecule has 1 unspecified atom stereocenters. The summed E-state index contributed by atoms with van der Waals surface area (Å²) in [5.41, 5.74) is 1.60. The Kier molecular flexibility index (Phi) is 11.8. The van der Waals surface area contributed by atoms with Crippen molar-refractivity contribution in [1.82, 2.24) is 16.0 Å². The van der Waals surface area contributed by atoms with Gasteiger partial charge in [0.25, 0.3) is 0 Å². The lowest BCUT2D eigenvalue weighted by Crippen LogP contribution is -2.56. The Labute approximate surface area is 236 Å². The molecule has 2 aliphatic heterocycles. The number of carbonyl (C=O) groups is 3. The van der Waals surface area contributed by atoms with Gasteiger partial charge in [-0.05, 0) is 54.9 Å². The normalized spacial score (nSPS) is 21.2. The Bertz CT molecular complexity index is 1150. The van der Waals surface area contributed by atoms with Gasteiger partial charge >= 0.3 is 6.09 Å². The zero-order valence-electron chi connectivity index (χ0n) is 23.1. The van der Waals surface area contributed by atoms with E-state index in [2.05, 4.69) is 21.9 Å². The molecule has 0 saturated heterocycles. The lowest BCUT2D eigenvalue weighted by Gasteiger charge is -2.27. The minimum absolute atomic E-state index is 0.0460. The maximum Gasteiger partial charge on any atom is 0.408 e. The molecule has 214 valence electrons. The molecule has 2 bridgehead atoms. The van der Waals surface area contributed by atoms with Crippen molar-refractivity contribution in [2.75, 3.05) is 6.61 Å². The average molecular weight is 550 g/mol. The second-order valence-corrected chi connectivity index (χ2v) is 10.4. The standard InChI is InChI=1S/C31H39N3O6/c1-4-28(35)25-12-8-9-17-39-24-15-13-22(14-16-24)19-27(30(37)33-26(18-21(2)3)29(36)32-25)34-31(38)40-20-23-10-6-5-7-11-23/h1,5-7,10-11,13-16,21,25-28,35H,8-9,12,17-20H2,2-3H3,(H,32,36)(H,33,37)(H,34,38)/t25-,26-,27-,28?/m0/s1. The molecule has 4 atom stereocenters. The van der Waals surface area contributed by atoms with Crippen LogP contribution < -0.4 is 20.7 Å². The first-order chi connectivity index (χ1) is 19.2. The molecule has 0 radical (unpaired) electrons. The van der Waals surface area contributed by atoms with Crippen LogP contribution in [0.1, 0.15) is 50.7 Å². The van der Waals surface area contributed by atoms with E-state index in [1.54, 1.807) is 0 Å². The number of carbonyl (C=O) groups excluding carboxylic acids is 3. The summed E-state index contributed by atoms with van der Waals surface area (Å²) < 4.78 is 11.2. The Morgan fingerprint density at radius 2 is 1.82 bits per heavy atom. The Hall–Kier alpha value is -4.03. The van der Waals surface area contributed by atoms with E-state index in [1.807, 2.05) is 68.4 Å². The van der Waals surface area contributed by atoms with E-state index in [-0.39, 0.29) is 18.9 Å². The lowest BCUT2D eigenvalue weighted by atomic mass is 9.99. The third-order valence-electron chi connectivity index (χ3n) is 6.58. The molecule has 2 aromatic rings. The van der Waals surface area contributed by atoms with Crippen LogP contribution in [-0.4, -0.2) is 53.9 Å². The average Bonchev–Trinajstić information content (AvgIpc) is 2.94. The first-order valence-corrected chi connectivity index (χ1v) is 13.7. The highest BCUT2D eigenvalue weighted by Crippen LogP contribution is 2.16. The second kappa shape index (κ2) is 15.5. The summed E-state index contributed by atoms with van der Waals surface area (Å²) >= 11 is 0. The van der Waals surface area contributed by atoms with E-state index in [1.165, 1.54) is 0 Å². The molecule has 9 heteroatoms. The summed E-state index contributed by atoms with van der Waals surface area (Å²) in [4.78, 5) is 39.5. The first kappa shape index (κ1) is 30.5. The number of ether oxygens (including phenoxy) is 2. The summed E-state index contributed by atoms with van der Waals surface area (Å²) in [6, 6.07) is 13.9. The van der Waals surface area contributed by atoms with Crippen molar-refractivity contribution in [3.63, 3.8) is 0 Å². The van der Waals surface area contributed by atoms with Gasteiger partial charge in [-0.25, -0.2) is 4.79 Å². The zero-order valence-corrected chi connectivity index (χ0v) is 23.1. The maximum atomic E-state index is 13.5. The van der Waals surface area contributed by atoms with Crippen LogP contribution in [0.4, 0.5) is 4.79 Å². The molecular formula is C31H39N3O6. The highest BCUT2D eigenvalue weighted by Gasteiger charge is 2.30. The molecule has 40 heavy (non-hydrogen) atoms. The fourth-order valence-electron chi connectivity index (χ4n) is 4.41. The summed E-state index contributed by atoms with van der Waals surface area (Å²) in [6.07, 6.45) is 5.85. The quantitative estimate of drug-likeness (QED) is 0.411. The van der Waals surface area contributed by atoms with Gasteiger partial charge in [0, 0.05) is 6.42 Å². The largest absolute Gasteiger partial charge is 0.494 e. The minimum Gasteiger partial charge on any atom is -0.494 e. The molecular weight excluding hydrogens is 510 g/mol. The topological polar surface area (TPSA) is 126 Å². The van der Waals surface area contributed by atoms with E-state index in [0.717, 1.165) is 11.1 Å². The molecule has 9 nitrogen and oxygen atoms in total. The van der Waals surface area contributed by atoms with Crippen LogP contribution in [-0.2, 0) is 27.4 Å². The summed E-state index contributed by atoms with van der Waals surface area (Å²) in [6.45, 7) is 4.38. The fraction of sp³-hybridized carbons (Fsp3) is 0.452. The Morgan fingerprint density at radius 1 is 1.10 bits per heavy atom. The molecule has 4 N–H and O–H groups in total. The minimum atomic E-state index is -1.18. The number of aliphatic hydroxyl groups is 1. The van der Waals surface area contributed by atoms with Gasteiger partial charge < -0.3 is 30.5 Å². The van der Waals surface area contributed by atoms with Crippen LogP contribution in [0.3, 0.4) is 0 Å². The van der Waals surface area contributed by atoms with Crippen LogP contribution in [0.15, 0.2) is 54.6 Å². The van der Waals surface area contributed by atoms with Gasteiger partial charge in [0.1, 0.15) is 30.5 Å².